The maximum atomic E-state index is 13.1. The van der Waals surface area contributed by atoms with Crippen molar-refractivity contribution in [3.8, 4) is 0 Å². The summed E-state index contributed by atoms with van der Waals surface area (Å²) in [5.41, 5.74) is 0.255. The predicted molar refractivity (Wildman–Crippen MR) is 105 cm³/mol. The summed E-state index contributed by atoms with van der Waals surface area (Å²) in [7, 11) is 0. The van der Waals surface area contributed by atoms with Crippen molar-refractivity contribution in [2.75, 3.05) is 38.0 Å². The van der Waals surface area contributed by atoms with Crippen LogP contribution in [0.25, 0.3) is 0 Å². The van der Waals surface area contributed by atoms with Crippen LogP contribution in [0.2, 0.25) is 0 Å². The van der Waals surface area contributed by atoms with Crippen molar-refractivity contribution >= 4 is 17.5 Å². The van der Waals surface area contributed by atoms with Gasteiger partial charge in [-0.3, -0.25) is 14.5 Å². The summed E-state index contributed by atoms with van der Waals surface area (Å²) in [5.74, 6) is 0.666. The molecule has 9 heteroatoms. The highest BCUT2D eigenvalue weighted by Gasteiger charge is 2.34. The number of nitrogens with zero attached hydrogens (tertiary/aromatic N) is 2. The van der Waals surface area contributed by atoms with E-state index < -0.39 is 17.6 Å². The van der Waals surface area contributed by atoms with Crippen LogP contribution in [0.1, 0.15) is 33.0 Å². The molecule has 162 valence electrons. The normalized spacial score (nSPS) is 15.3. The lowest BCUT2D eigenvalue weighted by atomic mass is 10.1. The largest absolute Gasteiger partial charge is 0.466 e. The quantitative estimate of drug-likeness (QED) is 0.816. The molecule has 0 atom stereocenters. The number of nitrogens with one attached hydrogen (secondary N) is 1. The Kier molecular flexibility index (Phi) is 6.21. The highest BCUT2D eigenvalue weighted by atomic mass is 19.4. The molecule has 0 bridgehead atoms. The van der Waals surface area contributed by atoms with Crippen molar-refractivity contribution in [3.63, 3.8) is 0 Å². The van der Waals surface area contributed by atoms with Gasteiger partial charge in [-0.25, -0.2) is 0 Å². The molecule has 0 aliphatic carbocycles. The molecule has 0 radical (unpaired) electrons. The molecule has 6 nitrogen and oxygen atoms in total. The first-order valence-corrected chi connectivity index (χ1v) is 9.62. The number of carbonyl (C=O) groups is 2. The Morgan fingerprint density at radius 3 is 2.23 bits per heavy atom. The SMILES string of the molecule is Cc1oc(C)c(C(=O)N2CCN(CC(=O)Nc3ccccc3C(F)(F)F)CC2)c1C. The Bertz CT molecular complexity index is 945. The summed E-state index contributed by atoms with van der Waals surface area (Å²) < 4.78 is 44.7. The molecule has 0 spiro atoms. The van der Waals surface area contributed by atoms with Crippen molar-refractivity contribution in [2.45, 2.75) is 26.9 Å². The van der Waals surface area contributed by atoms with Crippen molar-refractivity contribution in [1.82, 2.24) is 9.80 Å². The Morgan fingerprint density at radius 1 is 1.03 bits per heavy atom. The minimum atomic E-state index is -4.54. The lowest BCUT2D eigenvalue weighted by Gasteiger charge is -2.34. The van der Waals surface area contributed by atoms with Gasteiger partial charge in [0.2, 0.25) is 5.91 Å². The minimum Gasteiger partial charge on any atom is -0.466 e. The average molecular weight is 423 g/mol. The number of alkyl halides is 3. The highest BCUT2D eigenvalue weighted by Crippen LogP contribution is 2.34. The fraction of sp³-hybridized carbons (Fsp3) is 0.429. The summed E-state index contributed by atoms with van der Waals surface area (Å²) in [6.45, 7) is 7.13. The number of amides is 2. The fourth-order valence-electron chi connectivity index (χ4n) is 3.61. The van der Waals surface area contributed by atoms with Gasteiger partial charge in [0.1, 0.15) is 11.5 Å². The van der Waals surface area contributed by atoms with Gasteiger partial charge < -0.3 is 14.6 Å². The van der Waals surface area contributed by atoms with Crippen LogP contribution >= 0.6 is 0 Å². The summed E-state index contributed by atoms with van der Waals surface area (Å²) in [6, 6.07) is 4.88. The molecular weight excluding hydrogens is 399 g/mol. The third kappa shape index (κ3) is 4.67. The summed E-state index contributed by atoms with van der Waals surface area (Å²) >= 11 is 0. The number of para-hydroxylation sites is 1. The molecule has 30 heavy (non-hydrogen) atoms. The lowest BCUT2D eigenvalue weighted by molar-refractivity contribution is -0.137. The second-order valence-corrected chi connectivity index (χ2v) is 7.37. The first kappa shape index (κ1) is 21.9. The monoisotopic (exact) mass is 423 g/mol. The molecule has 3 rings (SSSR count). The standard InChI is InChI=1S/C21H24F3N3O3/c1-13-14(2)30-15(3)19(13)20(29)27-10-8-26(9-11-27)12-18(28)25-17-7-5-4-6-16(17)21(22,23)24/h4-7H,8-12H2,1-3H3,(H,25,28). The Balaban J connectivity index is 1.56. The molecule has 1 aliphatic rings. The number of carbonyl (C=O) groups excluding carboxylic acids is 2. The number of benzene rings is 1. The smallest absolute Gasteiger partial charge is 0.418 e. The molecule has 2 amide bonds. The maximum absolute atomic E-state index is 13.1. The molecule has 1 N–H and O–H groups in total. The van der Waals surface area contributed by atoms with Gasteiger partial charge in [-0.05, 0) is 32.9 Å². The van der Waals surface area contributed by atoms with Crippen LogP contribution < -0.4 is 5.32 Å². The zero-order valence-corrected chi connectivity index (χ0v) is 17.1. The number of hydrogen-bond acceptors (Lipinski definition) is 4. The predicted octanol–water partition coefficient (Wildman–Crippen LogP) is 3.62. The Labute approximate surface area is 172 Å². The average Bonchev–Trinajstić information content (AvgIpc) is 2.93. The molecule has 0 unspecified atom stereocenters. The topological polar surface area (TPSA) is 65.8 Å². The van der Waals surface area contributed by atoms with Crippen molar-refractivity contribution in [2.24, 2.45) is 0 Å². The number of hydrogen-bond donors (Lipinski definition) is 1. The molecule has 1 aliphatic heterocycles. The van der Waals surface area contributed by atoms with E-state index in [-0.39, 0.29) is 18.1 Å². The highest BCUT2D eigenvalue weighted by molar-refractivity contribution is 5.97. The number of furan rings is 1. The first-order valence-electron chi connectivity index (χ1n) is 9.62. The van der Waals surface area contributed by atoms with E-state index in [1.165, 1.54) is 18.2 Å². The van der Waals surface area contributed by atoms with Crippen molar-refractivity contribution in [3.05, 3.63) is 52.5 Å². The van der Waals surface area contributed by atoms with E-state index in [1.54, 1.807) is 11.8 Å². The number of anilines is 1. The van der Waals surface area contributed by atoms with Gasteiger partial charge in [-0.15, -0.1) is 0 Å². The minimum absolute atomic E-state index is 0.0445. The van der Waals surface area contributed by atoms with Gasteiger partial charge in [-0.2, -0.15) is 13.2 Å². The number of aryl methyl sites for hydroxylation is 2. The number of rotatable bonds is 4. The van der Waals surface area contributed by atoms with Crippen LogP contribution in [-0.4, -0.2) is 54.3 Å². The molecular formula is C21H24F3N3O3. The number of piperazine rings is 1. The third-order valence-electron chi connectivity index (χ3n) is 5.31. The number of halogens is 3. The van der Waals surface area contributed by atoms with E-state index >= 15 is 0 Å². The van der Waals surface area contributed by atoms with E-state index in [0.29, 0.717) is 43.3 Å². The summed E-state index contributed by atoms with van der Waals surface area (Å²) in [4.78, 5) is 28.6. The summed E-state index contributed by atoms with van der Waals surface area (Å²) in [6.07, 6.45) is -4.54. The van der Waals surface area contributed by atoms with E-state index in [9.17, 15) is 22.8 Å². The van der Waals surface area contributed by atoms with Gasteiger partial charge in [0.15, 0.2) is 0 Å². The molecule has 2 aromatic rings. The van der Waals surface area contributed by atoms with Gasteiger partial charge in [0.25, 0.3) is 5.91 Å². The van der Waals surface area contributed by atoms with E-state index in [4.69, 9.17) is 4.42 Å². The zero-order chi connectivity index (χ0) is 22.1. The summed E-state index contributed by atoms with van der Waals surface area (Å²) in [5, 5.41) is 2.35. The zero-order valence-electron chi connectivity index (χ0n) is 17.1. The van der Waals surface area contributed by atoms with Gasteiger partial charge in [-0.1, -0.05) is 12.1 Å². The van der Waals surface area contributed by atoms with Crippen LogP contribution in [0.3, 0.4) is 0 Å². The lowest BCUT2D eigenvalue weighted by Crippen LogP contribution is -2.50. The molecule has 1 aromatic carbocycles. The maximum Gasteiger partial charge on any atom is 0.418 e. The third-order valence-corrected chi connectivity index (χ3v) is 5.31. The van der Waals surface area contributed by atoms with Crippen molar-refractivity contribution in [1.29, 1.82) is 0 Å². The van der Waals surface area contributed by atoms with Crippen LogP contribution in [0.5, 0.6) is 0 Å². The van der Waals surface area contributed by atoms with Gasteiger partial charge in [0.05, 0.1) is 23.4 Å². The van der Waals surface area contributed by atoms with Crippen LogP contribution in [-0.2, 0) is 11.0 Å². The van der Waals surface area contributed by atoms with Crippen LogP contribution in [0.15, 0.2) is 28.7 Å². The van der Waals surface area contributed by atoms with Gasteiger partial charge in [0, 0.05) is 31.7 Å². The van der Waals surface area contributed by atoms with Crippen molar-refractivity contribution < 1.29 is 27.2 Å². The second-order valence-electron chi connectivity index (χ2n) is 7.37. The van der Waals surface area contributed by atoms with Crippen LogP contribution in [0, 0.1) is 20.8 Å². The Hall–Kier alpha value is -2.81. The fourth-order valence-corrected chi connectivity index (χ4v) is 3.61. The molecule has 1 saturated heterocycles. The second kappa shape index (κ2) is 8.51. The van der Waals surface area contributed by atoms with Gasteiger partial charge >= 0.3 is 6.18 Å². The molecule has 2 heterocycles. The molecule has 1 fully saturated rings. The van der Waals surface area contributed by atoms with E-state index in [1.807, 2.05) is 18.7 Å². The molecule has 0 saturated carbocycles. The molecule has 1 aromatic heterocycles. The van der Waals surface area contributed by atoms with E-state index in [2.05, 4.69) is 5.32 Å². The Morgan fingerprint density at radius 2 is 1.67 bits per heavy atom. The van der Waals surface area contributed by atoms with E-state index in [0.717, 1.165) is 11.6 Å². The first-order chi connectivity index (χ1) is 14.1. The van der Waals surface area contributed by atoms with Crippen LogP contribution in [0.4, 0.5) is 18.9 Å².